The number of hydrogen-bond acceptors (Lipinski definition) is 3. The van der Waals surface area contributed by atoms with Crippen molar-refractivity contribution in [2.45, 2.75) is 25.2 Å². The van der Waals surface area contributed by atoms with E-state index in [1.165, 1.54) is 13.0 Å². The maximum Gasteiger partial charge on any atom is 0.221 e. The van der Waals surface area contributed by atoms with Gasteiger partial charge in [-0.1, -0.05) is 18.2 Å². The summed E-state index contributed by atoms with van der Waals surface area (Å²) in [6.45, 7) is 3.18. The predicted molar refractivity (Wildman–Crippen MR) is 128 cm³/mol. The average Bonchev–Trinajstić information content (AvgIpc) is 3.48. The van der Waals surface area contributed by atoms with Crippen LogP contribution in [0.4, 0.5) is 10.1 Å². The van der Waals surface area contributed by atoms with Crippen LogP contribution in [0, 0.1) is 5.82 Å². The SMILES string of the molecule is CN=C(NCCOc1cccc(NC(C)=O)c1)NCC1(c2cccc(F)c2)CC1.I. The third-order valence-corrected chi connectivity index (χ3v) is 4.93. The van der Waals surface area contributed by atoms with Crippen molar-refractivity contribution in [3.8, 4) is 5.75 Å². The van der Waals surface area contributed by atoms with Crippen molar-refractivity contribution in [2.75, 3.05) is 32.1 Å². The summed E-state index contributed by atoms with van der Waals surface area (Å²) in [6.07, 6.45) is 2.07. The largest absolute Gasteiger partial charge is 0.492 e. The number of carbonyl (C=O) groups is 1. The smallest absolute Gasteiger partial charge is 0.221 e. The molecule has 1 amide bonds. The summed E-state index contributed by atoms with van der Waals surface area (Å²) < 4.78 is 19.3. The first kappa shape index (κ1) is 23.9. The second-order valence-corrected chi connectivity index (χ2v) is 7.20. The van der Waals surface area contributed by atoms with E-state index in [9.17, 15) is 9.18 Å². The van der Waals surface area contributed by atoms with Gasteiger partial charge in [-0.15, -0.1) is 24.0 Å². The Labute approximate surface area is 193 Å². The molecule has 0 saturated heterocycles. The lowest BCUT2D eigenvalue weighted by atomic mass is 9.96. The fourth-order valence-corrected chi connectivity index (χ4v) is 3.22. The number of guanidine groups is 1. The van der Waals surface area contributed by atoms with E-state index in [1.807, 2.05) is 24.3 Å². The maximum atomic E-state index is 13.5. The van der Waals surface area contributed by atoms with Gasteiger partial charge < -0.3 is 20.7 Å². The van der Waals surface area contributed by atoms with Crippen LogP contribution in [0.15, 0.2) is 53.5 Å². The summed E-state index contributed by atoms with van der Waals surface area (Å²) >= 11 is 0. The van der Waals surface area contributed by atoms with E-state index in [-0.39, 0.29) is 41.1 Å². The lowest BCUT2D eigenvalue weighted by Crippen LogP contribution is -2.42. The number of hydrogen-bond donors (Lipinski definition) is 3. The van der Waals surface area contributed by atoms with Gasteiger partial charge in [0.1, 0.15) is 18.2 Å². The van der Waals surface area contributed by atoms with Crippen molar-refractivity contribution in [3.05, 3.63) is 59.9 Å². The Morgan fingerprint density at radius 2 is 1.93 bits per heavy atom. The molecule has 0 bridgehead atoms. The molecule has 162 valence electrons. The van der Waals surface area contributed by atoms with Crippen LogP contribution in [0.3, 0.4) is 0 Å². The molecule has 3 rings (SSSR count). The van der Waals surface area contributed by atoms with Gasteiger partial charge in [-0.3, -0.25) is 9.79 Å². The van der Waals surface area contributed by atoms with Crippen LogP contribution in [0.5, 0.6) is 5.75 Å². The highest BCUT2D eigenvalue weighted by Gasteiger charge is 2.44. The van der Waals surface area contributed by atoms with Gasteiger partial charge in [-0.05, 0) is 42.7 Å². The van der Waals surface area contributed by atoms with Gasteiger partial charge in [-0.25, -0.2) is 4.39 Å². The Bertz CT molecular complexity index is 887. The zero-order valence-electron chi connectivity index (χ0n) is 17.2. The maximum absolute atomic E-state index is 13.5. The van der Waals surface area contributed by atoms with E-state index in [0.717, 1.165) is 18.4 Å². The molecule has 0 aliphatic heterocycles. The fraction of sp³-hybridized carbons (Fsp3) is 0.364. The Hall–Kier alpha value is -2.36. The highest BCUT2D eigenvalue weighted by molar-refractivity contribution is 14.0. The van der Waals surface area contributed by atoms with E-state index in [1.54, 1.807) is 25.2 Å². The first-order chi connectivity index (χ1) is 14.0. The minimum atomic E-state index is -0.198. The number of carbonyl (C=O) groups excluding carboxylic acids is 1. The minimum Gasteiger partial charge on any atom is -0.492 e. The molecular weight excluding hydrogens is 498 g/mol. The molecule has 2 aromatic rings. The van der Waals surface area contributed by atoms with Gasteiger partial charge in [-0.2, -0.15) is 0 Å². The van der Waals surface area contributed by atoms with Crippen LogP contribution in [-0.4, -0.2) is 38.6 Å². The van der Waals surface area contributed by atoms with Crippen LogP contribution in [0.1, 0.15) is 25.3 Å². The Kier molecular flexibility index (Phi) is 8.88. The molecular formula is C22H28FIN4O2. The van der Waals surface area contributed by atoms with Crippen LogP contribution < -0.4 is 20.7 Å². The summed E-state index contributed by atoms with van der Waals surface area (Å²) in [5.41, 5.74) is 1.72. The van der Waals surface area contributed by atoms with Gasteiger partial charge in [0.2, 0.25) is 5.91 Å². The summed E-state index contributed by atoms with van der Waals surface area (Å²) in [4.78, 5) is 15.4. The summed E-state index contributed by atoms with van der Waals surface area (Å²) in [5, 5.41) is 9.28. The lowest BCUT2D eigenvalue weighted by molar-refractivity contribution is -0.114. The topological polar surface area (TPSA) is 74.8 Å². The molecule has 0 spiro atoms. The van der Waals surface area contributed by atoms with Crippen LogP contribution >= 0.6 is 24.0 Å². The van der Waals surface area contributed by atoms with Crippen molar-refractivity contribution < 1.29 is 13.9 Å². The third-order valence-electron chi connectivity index (χ3n) is 4.93. The van der Waals surface area contributed by atoms with Gasteiger partial charge in [0, 0.05) is 37.7 Å². The standard InChI is InChI=1S/C22H27FN4O2.HI/c1-16(28)27-19-7-4-8-20(14-19)29-12-11-25-21(24-2)26-15-22(9-10-22)17-5-3-6-18(23)13-17;/h3-8,13-14H,9-12,15H2,1-2H3,(H,27,28)(H2,24,25,26);1H. The summed E-state index contributed by atoms with van der Waals surface area (Å²) in [7, 11) is 1.72. The molecule has 0 radical (unpaired) electrons. The number of amides is 1. The first-order valence-corrected chi connectivity index (χ1v) is 9.72. The number of anilines is 1. The summed E-state index contributed by atoms with van der Waals surface area (Å²) in [6, 6.07) is 14.1. The van der Waals surface area contributed by atoms with Crippen LogP contribution in [0.2, 0.25) is 0 Å². The molecule has 1 saturated carbocycles. The number of aliphatic imine (C=N–C) groups is 1. The summed E-state index contributed by atoms with van der Waals surface area (Å²) in [5.74, 6) is 1.05. The van der Waals surface area contributed by atoms with Crippen molar-refractivity contribution in [2.24, 2.45) is 4.99 Å². The normalized spacial score (nSPS) is 14.3. The van der Waals surface area contributed by atoms with Crippen molar-refractivity contribution >= 4 is 41.5 Å². The quantitative estimate of drug-likeness (QED) is 0.213. The third kappa shape index (κ3) is 6.86. The molecule has 0 heterocycles. The molecule has 1 aliphatic rings. The lowest BCUT2D eigenvalue weighted by Gasteiger charge is -2.19. The molecule has 30 heavy (non-hydrogen) atoms. The molecule has 0 aromatic heterocycles. The monoisotopic (exact) mass is 526 g/mol. The van der Waals surface area contributed by atoms with Crippen molar-refractivity contribution in [3.63, 3.8) is 0 Å². The molecule has 1 aliphatic carbocycles. The Morgan fingerprint density at radius 3 is 2.60 bits per heavy atom. The zero-order valence-corrected chi connectivity index (χ0v) is 19.5. The van der Waals surface area contributed by atoms with E-state index in [0.29, 0.717) is 37.1 Å². The highest BCUT2D eigenvalue weighted by Crippen LogP contribution is 2.47. The number of rotatable bonds is 8. The van der Waals surface area contributed by atoms with Gasteiger partial charge in [0.05, 0.1) is 6.54 Å². The van der Waals surface area contributed by atoms with Gasteiger partial charge in [0.25, 0.3) is 0 Å². The minimum absolute atomic E-state index is 0. The van der Waals surface area contributed by atoms with E-state index < -0.39 is 0 Å². The number of nitrogens with zero attached hydrogens (tertiary/aromatic N) is 1. The van der Waals surface area contributed by atoms with Crippen LogP contribution in [-0.2, 0) is 10.2 Å². The molecule has 2 aromatic carbocycles. The predicted octanol–water partition coefficient (Wildman–Crippen LogP) is 3.68. The van der Waals surface area contributed by atoms with Gasteiger partial charge >= 0.3 is 0 Å². The van der Waals surface area contributed by atoms with Gasteiger partial charge in [0.15, 0.2) is 5.96 Å². The second-order valence-electron chi connectivity index (χ2n) is 7.20. The second kappa shape index (κ2) is 11.1. The Balaban J connectivity index is 0.00000320. The first-order valence-electron chi connectivity index (χ1n) is 9.72. The molecule has 1 fully saturated rings. The van der Waals surface area contributed by atoms with Crippen molar-refractivity contribution in [1.29, 1.82) is 0 Å². The molecule has 8 heteroatoms. The number of nitrogens with one attached hydrogen (secondary N) is 3. The zero-order chi connectivity index (χ0) is 20.7. The van der Waals surface area contributed by atoms with Crippen molar-refractivity contribution in [1.82, 2.24) is 10.6 Å². The number of ether oxygens (including phenoxy) is 1. The highest BCUT2D eigenvalue weighted by atomic mass is 127. The molecule has 0 unspecified atom stereocenters. The van der Waals surface area contributed by atoms with E-state index >= 15 is 0 Å². The Morgan fingerprint density at radius 1 is 1.17 bits per heavy atom. The molecule has 6 nitrogen and oxygen atoms in total. The van der Waals surface area contributed by atoms with Crippen LogP contribution in [0.25, 0.3) is 0 Å². The molecule has 0 atom stereocenters. The van der Waals surface area contributed by atoms with E-state index in [2.05, 4.69) is 20.9 Å². The average molecular weight is 526 g/mol. The number of benzene rings is 2. The fourth-order valence-electron chi connectivity index (χ4n) is 3.22. The molecule has 3 N–H and O–H groups in total. The number of halogens is 2. The van der Waals surface area contributed by atoms with E-state index in [4.69, 9.17) is 4.74 Å².